The van der Waals surface area contributed by atoms with Crippen LogP contribution in [0, 0.1) is 0 Å². The average Bonchev–Trinajstić information content (AvgIpc) is 1.81. The van der Waals surface area contributed by atoms with E-state index < -0.39 is 15.9 Å². The zero-order valence-corrected chi connectivity index (χ0v) is 10.1. The third-order valence-electron chi connectivity index (χ3n) is 0.973. The quantitative estimate of drug-likeness (QED) is 0.281. The Hall–Kier alpha value is 1.22. The summed E-state index contributed by atoms with van der Waals surface area (Å²) in [5.41, 5.74) is 5.30. The van der Waals surface area contributed by atoms with Crippen LogP contribution in [0.4, 0.5) is 0 Å². The fourth-order valence-corrected chi connectivity index (χ4v) is 1.16. The first-order valence-electron chi connectivity index (χ1n) is 2.75. The molecule has 62 valence electrons. The van der Waals surface area contributed by atoms with Crippen LogP contribution in [0.3, 0.4) is 0 Å². The molecule has 1 unspecified atom stereocenters. The van der Waals surface area contributed by atoms with Crippen molar-refractivity contribution in [3.8, 4) is 0 Å². The molecule has 0 aliphatic heterocycles. The molecule has 7 heteroatoms. The molecule has 0 fully saturated rings. The van der Waals surface area contributed by atoms with Crippen molar-refractivity contribution >= 4 is 22.7 Å². The van der Waals surface area contributed by atoms with Crippen LogP contribution >= 0.6 is 12.6 Å². The van der Waals surface area contributed by atoms with Gasteiger partial charge in [-0.2, -0.15) is 12.6 Å². The van der Waals surface area contributed by atoms with Gasteiger partial charge in [-0.25, -0.2) is 8.42 Å². The minimum atomic E-state index is -4.09. The van der Waals surface area contributed by atoms with E-state index in [4.69, 9.17) is 5.73 Å². The van der Waals surface area contributed by atoms with Gasteiger partial charge in [0.15, 0.2) is 0 Å². The number of thiol groups is 1. The van der Waals surface area contributed by atoms with E-state index in [0.29, 0.717) is 5.75 Å². The van der Waals surface area contributed by atoms with Gasteiger partial charge in [-0.1, -0.05) is 0 Å². The summed E-state index contributed by atoms with van der Waals surface area (Å²) in [5, 5.41) is 0. The Labute approximate surface area is 94.4 Å². The molecule has 0 aliphatic carbocycles. The molecule has 0 aliphatic rings. The molecule has 4 nitrogen and oxygen atoms in total. The Morgan fingerprint density at radius 3 is 2.27 bits per heavy atom. The number of nitrogens with two attached hydrogens (primary N) is 1. The Balaban J connectivity index is 0. The van der Waals surface area contributed by atoms with Crippen LogP contribution < -0.4 is 35.3 Å². The molecule has 11 heavy (non-hydrogen) atoms. The van der Waals surface area contributed by atoms with Gasteiger partial charge in [0.05, 0.1) is 10.1 Å². The molecule has 0 aromatic heterocycles. The van der Waals surface area contributed by atoms with Crippen LogP contribution in [0.5, 0.6) is 0 Å². The molecule has 0 aromatic carbocycles. The van der Waals surface area contributed by atoms with Crippen LogP contribution in [-0.4, -0.2) is 30.5 Å². The molecule has 0 rings (SSSR count). The maximum absolute atomic E-state index is 10.0. The third-order valence-corrected chi connectivity index (χ3v) is 2.18. The van der Waals surface area contributed by atoms with E-state index in [0.717, 1.165) is 0 Å². The predicted octanol–water partition coefficient (Wildman–Crippen LogP) is -3.82. The molecule has 0 heterocycles. The SMILES string of the molecule is NC(CS)CCS(=O)(=O)[O-].[Na+]. The van der Waals surface area contributed by atoms with E-state index in [9.17, 15) is 13.0 Å². The second-order valence-corrected chi connectivity index (χ2v) is 3.88. The van der Waals surface area contributed by atoms with Crippen molar-refractivity contribution in [1.29, 1.82) is 0 Å². The normalized spacial score (nSPS) is 13.7. The van der Waals surface area contributed by atoms with Crippen molar-refractivity contribution < 1.29 is 42.5 Å². The smallest absolute Gasteiger partial charge is 0.748 e. The van der Waals surface area contributed by atoms with Gasteiger partial charge in [0, 0.05) is 17.5 Å². The molecule has 1 atom stereocenters. The summed E-state index contributed by atoms with van der Waals surface area (Å²) in [6.07, 6.45) is 0.190. The molecule has 0 amide bonds. The third kappa shape index (κ3) is 11.2. The van der Waals surface area contributed by atoms with Gasteiger partial charge in [-0.05, 0) is 6.42 Å². The Bertz CT molecular complexity index is 182. The van der Waals surface area contributed by atoms with Gasteiger partial charge < -0.3 is 10.3 Å². The van der Waals surface area contributed by atoms with Crippen LogP contribution in [0.15, 0.2) is 0 Å². The number of hydrogen-bond acceptors (Lipinski definition) is 5. The number of hydrogen-bond donors (Lipinski definition) is 2. The first kappa shape index (κ1) is 14.7. The van der Waals surface area contributed by atoms with Crippen molar-refractivity contribution in [2.75, 3.05) is 11.5 Å². The molecule has 2 N–H and O–H groups in total. The van der Waals surface area contributed by atoms with Gasteiger partial charge in [-0.15, -0.1) is 0 Å². The summed E-state index contributed by atoms with van der Waals surface area (Å²) in [6.45, 7) is 0. The van der Waals surface area contributed by atoms with Crippen molar-refractivity contribution in [3.05, 3.63) is 0 Å². The van der Waals surface area contributed by atoms with Gasteiger partial charge in [0.1, 0.15) is 0 Å². The Kier molecular flexibility index (Phi) is 8.98. The molecule has 0 aromatic rings. The molecule has 0 bridgehead atoms. The first-order valence-corrected chi connectivity index (χ1v) is 4.96. The molecular weight excluding hydrogens is 197 g/mol. The Morgan fingerprint density at radius 2 is 2.00 bits per heavy atom. The van der Waals surface area contributed by atoms with Gasteiger partial charge in [-0.3, -0.25) is 0 Å². The molecule has 0 saturated carbocycles. The second kappa shape index (κ2) is 6.71. The molecule has 0 radical (unpaired) electrons. The van der Waals surface area contributed by atoms with Gasteiger partial charge >= 0.3 is 29.6 Å². The van der Waals surface area contributed by atoms with Crippen LogP contribution in [0.1, 0.15) is 6.42 Å². The van der Waals surface area contributed by atoms with Crippen molar-refractivity contribution in [1.82, 2.24) is 0 Å². The topological polar surface area (TPSA) is 83.2 Å². The standard InChI is InChI=1S/C4H11NO3S2.Na/c5-4(3-9)1-2-10(6,7)8;/h4,9H,1-3,5H2,(H,6,7,8);/q;+1/p-1. The number of rotatable bonds is 4. The minimum absolute atomic E-state index is 0. The Morgan fingerprint density at radius 1 is 1.55 bits per heavy atom. The van der Waals surface area contributed by atoms with Gasteiger partial charge in [0.2, 0.25) is 0 Å². The van der Waals surface area contributed by atoms with E-state index >= 15 is 0 Å². The van der Waals surface area contributed by atoms with Crippen LogP contribution in [-0.2, 0) is 10.1 Å². The molecule has 0 spiro atoms. The molecule has 0 saturated heterocycles. The fraction of sp³-hybridized carbons (Fsp3) is 1.00. The van der Waals surface area contributed by atoms with Gasteiger partial charge in [0.25, 0.3) is 0 Å². The monoisotopic (exact) mass is 207 g/mol. The van der Waals surface area contributed by atoms with Crippen molar-refractivity contribution in [3.63, 3.8) is 0 Å². The molecular formula is C4H10NNaO3S2. The zero-order valence-electron chi connectivity index (χ0n) is 6.36. The van der Waals surface area contributed by atoms with Crippen LogP contribution in [0.2, 0.25) is 0 Å². The summed E-state index contributed by atoms with van der Waals surface area (Å²) in [6, 6.07) is -0.299. The second-order valence-electron chi connectivity index (χ2n) is 1.99. The van der Waals surface area contributed by atoms with E-state index in [2.05, 4.69) is 12.6 Å². The van der Waals surface area contributed by atoms with Crippen molar-refractivity contribution in [2.45, 2.75) is 12.5 Å². The maximum atomic E-state index is 10.0. The summed E-state index contributed by atoms with van der Waals surface area (Å²) in [5.74, 6) is 0.00421. The average molecular weight is 207 g/mol. The van der Waals surface area contributed by atoms with Crippen molar-refractivity contribution in [2.24, 2.45) is 5.73 Å². The van der Waals surface area contributed by atoms with E-state index in [1.807, 2.05) is 0 Å². The summed E-state index contributed by atoms with van der Waals surface area (Å²) < 4.78 is 30.0. The summed E-state index contributed by atoms with van der Waals surface area (Å²) in [4.78, 5) is 0. The largest absolute Gasteiger partial charge is 1.00 e. The van der Waals surface area contributed by atoms with E-state index in [1.165, 1.54) is 0 Å². The van der Waals surface area contributed by atoms with E-state index in [-0.39, 0.29) is 42.0 Å². The van der Waals surface area contributed by atoms with Crippen LogP contribution in [0.25, 0.3) is 0 Å². The summed E-state index contributed by atoms with van der Waals surface area (Å²) in [7, 11) is -4.09. The summed E-state index contributed by atoms with van der Waals surface area (Å²) >= 11 is 3.82. The maximum Gasteiger partial charge on any atom is 1.00 e. The predicted molar refractivity (Wildman–Crippen MR) is 41.0 cm³/mol. The minimum Gasteiger partial charge on any atom is -0.748 e. The van der Waals surface area contributed by atoms with E-state index in [1.54, 1.807) is 0 Å². The fourth-order valence-electron chi connectivity index (χ4n) is 0.387. The first-order chi connectivity index (χ1) is 4.45. The zero-order chi connectivity index (χ0) is 8.20.